The summed E-state index contributed by atoms with van der Waals surface area (Å²) < 4.78 is 40.3. The van der Waals surface area contributed by atoms with E-state index in [0.717, 1.165) is 41.9 Å². The van der Waals surface area contributed by atoms with Crippen LogP contribution in [0, 0.1) is 0 Å². The number of aromatic nitrogens is 4. The van der Waals surface area contributed by atoms with Crippen LogP contribution in [0.5, 0.6) is 0 Å². The molecule has 0 bridgehead atoms. The average Bonchev–Trinajstić information content (AvgIpc) is 3.40. The summed E-state index contributed by atoms with van der Waals surface area (Å²) >= 11 is 0. The minimum atomic E-state index is -4.42. The monoisotopic (exact) mass is 549 g/mol. The molecule has 0 saturated heterocycles. The number of carbonyl (C=O) groups excluding carboxylic acids is 1. The molecule has 208 valence electrons. The molecule has 2 N–H and O–H groups in total. The molecule has 1 aliphatic rings. The summed E-state index contributed by atoms with van der Waals surface area (Å²) in [6, 6.07) is 15.6. The molecule has 2 amide bonds. The van der Waals surface area contributed by atoms with Crippen LogP contribution in [0.25, 0.3) is 11.3 Å². The van der Waals surface area contributed by atoms with Crippen molar-refractivity contribution in [3.63, 3.8) is 0 Å². The molecule has 5 rings (SSSR count). The van der Waals surface area contributed by atoms with Crippen molar-refractivity contribution >= 4 is 17.5 Å². The lowest BCUT2D eigenvalue weighted by Crippen LogP contribution is -2.48. The number of benzene rings is 1. The molecule has 3 aromatic heterocycles. The second-order valence-electron chi connectivity index (χ2n) is 9.90. The Hall–Kier alpha value is -4.41. The first-order chi connectivity index (χ1) is 19.3. The Bertz CT molecular complexity index is 1400. The number of urea groups is 1. The van der Waals surface area contributed by atoms with E-state index < -0.39 is 11.7 Å². The summed E-state index contributed by atoms with van der Waals surface area (Å²) in [5, 5.41) is 10.5. The predicted molar refractivity (Wildman–Crippen MR) is 147 cm³/mol. The van der Waals surface area contributed by atoms with Gasteiger partial charge in [0.1, 0.15) is 5.82 Å². The molecule has 0 radical (unpaired) electrons. The van der Waals surface area contributed by atoms with Crippen molar-refractivity contribution in [3.8, 4) is 11.3 Å². The molecule has 1 fully saturated rings. The summed E-state index contributed by atoms with van der Waals surface area (Å²) in [6.07, 6.45) is 4.64. The van der Waals surface area contributed by atoms with E-state index in [-0.39, 0.29) is 18.1 Å². The number of carbonyl (C=O) groups is 1. The lowest BCUT2D eigenvalue weighted by Gasteiger charge is -2.37. The van der Waals surface area contributed by atoms with Gasteiger partial charge >= 0.3 is 12.2 Å². The number of nitrogens with zero attached hydrogens (tertiary/aromatic N) is 5. The number of hydrogen-bond acceptors (Lipinski definition) is 5. The van der Waals surface area contributed by atoms with Gasteiger partial charge in [-0.3, -0.25) is 14.6 Å². The van der Waals surface area contributed by atoms with Gasteiger partial charge in [0.15, 0.2) is 0 Å². The van der Waals surface area contributed by atoms with Crippen molar-refractivity contribution < 1.29 is 18.0 Å². The van der Waals surface area contributed by atoms with Crippen molar-refractivity contribution in [2.24, 2.45) is 7.05 Å². The molecule has 0 spiro atoms. The van der Waals surface area contributed by atoms with E-state index in [2.05, 4.69) is 25.7 Å². The van der Waals surface area contributed by atoms with Crippen LogP contribution in [0.2, 0.25) is 0 Å². The van der Waals surface area contributed by atoms with Crippen molar-refractivity contribution in [1.29, 1.82) is 0 Å². The molecular formula is C29H30F3N7O. The fourth-order valence-corrected chi connectivity index (χ4v) is 4.94. The Morgan fingerprint density at radius 3 is 2.35 bits per heavy atom. The number of rotatable bonds is 7. The third-order valence-corrected chi connectivity index (χ3v) is 7.04. The fraction of sp³-hybridized carbons (Fsp3) is 0.310. The lowest BCUT2D eigenvalue weighted by atomic mass is 9.90. The first-order valence-corrected chi connectivity index (χ1v) is 13.1. The van der Waals surface area contributed by atoms with Crippen molar-refractivity contribution in [3.05, 3.63) is 90.5 Å². The Morgan fingerprint density at radius 2 is 1.75 bits per heavy atom. The van der Waals surface area contributed by atoms with E-state index in [9.17, 15) is 18.0 Å². The number of nitrogens with one attached hydrogen (secondary N) is 2. The zero-order chi connectivity index (χ0) is 28.1. The normalized spacial score (nSPS) is 17.3. The SMILES string of the molecule is Cn1cc(-c2ccc(N(C(=O)NCc3ccccc3)C3CCC(Nc4ccc(C(F)(F)F)cn4)CC3)cn2)cn1. The van der Waals surface area contributed by atoms with Crippen molar-refractivity contribution in [2.45, 2.75) is 50.5 Å². The summed E-state index contributed by atoms with van der Waals surface area (Å²) in [6.45, 7) is 0.397. The molecule has 1 aliphatic carbocycles. The number of halogens is 3. The Balaban J connectivity index is 1.28. The Labute approximate surface area is 230 Å². The summed E-state index contributed by atoms with van der Waals surface area (Å²) in [7, 11) is 1.84. The maximum absolute atomic E-state index is 13.5. The van der Waals surface area contributed by atoms with Gasteiger partial charge in [0.05, 0.1) is 29.3 Å². The van der Waals surface area contributed by atoms with Gasteiger partial charge in [-0.25, -0.2) is 9.78 Å². The molecule has 0 aliphatic heterocycles. The largest absolute Gasteiger partial charge is 0.417 e. The molecule has 0 unspecified atom stereocenters. The highest BCUT2D eigenvalue weighted by atomic mass is 19.4. The molecule has 1 aromatic carbocycles. The summed E-state index contributed by atoms with van der Waals surface area (Å²) in [5.74, 6) is 0.407. The van der Waals surface area contributed by atoms with E-state index in [1.807, 2.05) is 55.7 Å². The van der Waals surface area contributed by atoms with E-state index in [4.69, 9.17) is 0 Å². The molecule has 3 heterocycles. The van der Waals surface area contributed by atoms with Crippen LogP contribution in [0.1, 0.15) is 36.8 Å². The maximum Gasteiger partial charge on any atom is 0.417 e. The minimum absolute atomic E-state index is 0.0424. The molecule has 11 heteroatoms. The molecule has 40 heavy (non-hydrogen) atoms. The van der Waals surface area contributed by atoms with Crippen LogP contribution in [0.15, 0.2) is 79.4 Å². The van der Waals surface area contributed by atoms with Gasteiger partial charge in [0, 0.05) is 43.6 Å². The van der Waals surface area contributed by atoms with Crippen LogP contribution in [0.3, 0.4) is 0 Å². The van der Waals surface area contributed by atoms with Gasteiger partial charge in [-0.2, -0.15) is 18.3 Å². The maximum atomic E-state index is 13.5. The van der Waals surface area contributed by atoms with E-state index in [1.165, 1.54) is 6.07 Å². The molecular weight excluding hydrogens is 519 g/mol. The molecule has 8 nitrogen and oxygen atoms in total. The van der Waals surface area contributed by atoms with Gasteiger partial charge in [-0.15, -0.1) is 0 Å². The van der Waals surface area contributed by atoms with Crippen molar-refractivity contribution in [2.75, 3.05) is 10.2 Å². The van der Waals surface area contributed by atoms with Crippen LogP contribution in [0.4, 0.5) is 29.5 Å². The fourth-order valence-electron chi connectivity index (χ4n) is 4.94. The Kier molecular flexibility index (Phi) is 7.99. The van der Waals surface area contributed by atoms with Gasteiger partial charge in [-0.05, 0) is 55.5 Å². The van der Waals surface area contributed by atoms with Crippen LogP contribution >= 0.6 is 0 Å². The number of aryl methyl sites for hydroxylation is 1. The highest BCUT2D eigenvalue weighted by Gasteiger charge is 2.32. The second kappa shape index (κ2) is 11.8. The number of amides is 2. The van der Waals surface area contributed by atoms with Gasteiger partial charge in [-0.1, -0.05) is 30.3 Å². The predicted octanol–water partition coefficient (Wildman–Crippen LogP) is 6.04. The van der Waals surface area contributed by atoms with Gasteiger partial charge in [0.2, 0.25) is 0 Å². The van der Waals surface area contributed by atoms with Crippen LogP contribution < -0.4 is 15.5 Å². The molecule has 0 atom stereocenters. The number of alkyl halides is 3. The first-order valence-electron chi connectivity index (χ1n) is 13.1. The van der Waals surface area contributed by atoms with E-state index in [1.54, 1.807) is 22.0 Å². The first kappa shape index (κ1) is 27.2. The average molecular weight is 550 g/mol. The van der Waals surface area contributed by atoms with Crippen LogP contribution in [-0.2, 0) is 19.8 Å². The Morgan fingerprint density at radius 1 is 0.975 bits per heavy atom. The minimum Gasteiger partial charge on any atom is -0.367 e. The van der Waals surface area contributed by atoms with Gasteiger partial charge < -0.3 is 10.6 Å². The highest BCUT2D eigenvalue weighted by Crippen LogP contribution is 2.31. The van der Waals surface area contributed by atoms with Gasteiger partial charge in [0.25, 0.3) is 0 Å². The lowest BCUT2D eigenvalue weighted by molar-refractivity contribution is -0.137. The van der Waals surface area contributed by atoms with Crippen LogP contribution in [-0.4, -0.2) is 37.9 Å². The third-order valence-electron chi connectivity index (χ3n) is 7.04. The zero-order valence-electron chi connectivity index (χ0n) is 22.0. The second-order valence-corrected chi connectivity index (χ2v) is 9.90. The molecule has 4 aromatic rings. The van der Waals surface area contributed by atoms with E-state index >= 15 is 0 Å². The highest BCUT2D eigenvalue weighted by molar-refractivity contribution is 5.92. The summed E-state index contributed by atoms with van der Waals surface area (Å²) in [5.41, 5.74) is 2.56. The standard InChI is InChI=1S/C29H30F3N7O/c1-38-19-21(16-36-38)26-13-12-25(18-33-26)39(28(40)35-15-20-5-3-2-4-6-20)24-10-8-23(9-11-24)37-27-14-7-22(17-34-27)29(30,31)32/h2-7,12-14,16-19,23-24H,8-11,15H2,1H3,(H,34,37)(H,35,40). The number of anilines is 2. The van der Waals surface area contributed by atoms with Crippen molar-refractivity contribution in [1.82, 2.24) is 25.1 Å². The number of pyridine rings is 2. The zero-order valence-corrected chi connectivity index (χ0v) is 22.0. The topological polar surface area (TPSA) is 88.0 Å². The smallest absolute Gasteiger partial charge is 0.367 e. The quantitative estimate of drug-likeness (QED) is 0.294. The van der Waals surface area contributed by atoms with E-state index in [0.29, 0.717) is 30.9 Å². The molecule has 1 saturated carbocycles. The summed E-state index contributed by atoms with van der Waals surface area (Å²) in [4.78, 5) is 23.8. The number of hydrogen-bond donors (Lipinski definition) is 2. The third kappa shape index (κ3) is 6.59.